The summed E-state index contributed by atoms with van der Waals surface area (Å²) < 4.78 is 63.4. The molecule has 0 heterocycles. The number of amides is 1. The lowest BCUT2D eigenvalue weighted by Gasteiger charge is -2.09. The van der Waals surface area contributed by atoms with E-state index in [1.54, 1.807) is 0 Å². The molecular formula is C9H7ClF3NO4S. The maximum atomic E-state index is 11.8. The van der Waals surface area contributed by atoms with E-state index in [9.17, 15) is 26.4 Å². The second-order valence-electron chi connectivity index (χ2n) is 3.25. The summed E-state index contributed by atoms with van der Waals surface area (Å²) in [7, 11) is -4.33. The Hall–Kier alpha value is -1.48. The van der Waals surface area contributed by atoms with Gasteiger partial charge in [0.05, 0.1) is 4.90 Å². The number of nitrogens with one attached hydrogen (secondary N) is 1. The lowest BCUT2D eigenvalue weighted by molar-refractivity contribution is -0.160. The van der Waals surface area contributed by atoms with Crippen molar-refractivity contribution in [3.63, 3.8) is 0 Å². The van der Waals surface area contributed by atoms with Gasteiger partial charge in [0.25, 0.3) is 10.0 Å². The van der Waals surface area contributed by atoms with Gasteiger partial charge in [-0.05, 0) is 18.2 Å². The summed E-state index contributed by atoms with van der Waals surface area (Å²) in [6.07, 6.45) is -6.46. The molecule has 0 spiro atoms. The topological polar surface area (TPSA) is 72.5 Å². The second kappa shape index (κ2) is 5.66. The Bertz CT molecular complexity index is 573. The fourth-order valence-electron chi connectivity index (χ4n) is 0.980. The van der Waals surface area contributed by atoms with Gasteiger partial charge in [0, 0.05) is 5.02 Å². The van der Waals surface area contributed by atoms with E-state index in [0.717, 1.165) is 12.1 Å². The molecule has 0 saturated carbocycles. The highest BCUT2D eigenvalue weighted by atomic mass is 35.5. The Balaban J connectivity index is 2.73. The Kier molecular flexibility index (Phi) is 4.64. The van der Waals surface area contributed by atoms with E-state index in [2.05, 4.69) is 4.74 Å². The maximum Gasteiger partial charge on any atom is 0.422 e. The molecule has 1 N–H and O–H groups in total. The van der Waals surface area contributed by atoms with Gasteiger partial charge in [0.15, 0.2) is 6.61 Å². The van der Waals surface area contributed by atoms with Crippen LogP contribution in [0.5, 0.6) is 0 Å². The molecule has 0 aliphatic heterocycles. The first-order valence-electron chi connectivity index (χ1n) is 4.62. The van der Waals surface area contributed by atoms with Crippen molar-refractivity contribution in [1.29, 1.82) is 0 Å². The number of ether oxygens (including phenoxy) is 1. The molecule has 0 atom stereocenters. The van der Waals surface area contributed by atoms with Gasteiger partial charge in [0.2, 0.25) is 0 Å². The summed E-state index contributed by atoms with van der Waals surface area (Å²) >= 11 is 5.55. The zero-order chi connectivity index (χ0) is 14.7. The smallest absolute Gasteiger partial charge is 0.422 e. The molecule has 10 heteroatoms. The number of hydrogen-bond donors (Lipinski definition) is 1. The first-order chi connectivity index (χ1) is 8.60. The molecule has 0 saturated heterocycles. The molecule has 1 rings (SSSR count). The Morgan fingerprint density at radius 1 is 1.37 bits per heavy atom. The predicted octanol–water partition coefficient (Wildman–Crippen LogP) is 2.32. The number of halogens is 4. The Morgan fingerprint density at radius 2 is 2.00 bits per heavy atom. The third-order valence-corrected chi connectivity index (χ3v) is 3.24. The molecule has 0 aliphatic carbocycles. The summed E-state index contributed by atoms with van der Waals surface area (Å²) in [6.45, 7) is -1.89. The average Bonchev–Trinajstić information content (AvgIpc) is 2.25. The number of rotatable bonds is 3. The summed E-state index contributed by atoms with van der Waals surface area (Å²) in [5.74, 6) is 0. The van der Waals surface area contributed by atoms with Crippen molar-refractivity contribution < 1.29 is 31.1 Å². The van der Waals surface area contributed by atoms with Gasteiger partial charge in [-0.2, -0.15) is 13.2 Å². The van der Waals surface area contributed by atoms with Crippen molar-refractivity contribution >= 4 is 27.7 Å². The first-order valence-corrected chi connectivity index (χ1v) is 6.48. The molecule has 0 bridgehead atoms. The van der Waals surface area contributed by atoms with Gasteiger partial charge in [0.1, 0.15) is 0 Å². The van der Waals surface area contributed by atoms with Crippen molar-refractivity contribution in [3.8, 4) is 0 Å². The fourth-order valence-corrected chi connectivity index (χ4v) is 2.17. The van der Waals surface area contributed by atoms with Gasteiger partial charge in [-0.25, -0.2) is 17.9 Å². The van der Waals surface area contributed by atoms with Crippen molar-refractivity contribution in [2.75, 3.05) is 6.61 Å². The minimum atomic E-state index is -4.74. The number of sulfonamides is 1. The highest BCUT2D eigenvalue weighted by molar-refractivity contribution is 7.90. The molecular weight excluding hydrogens is 311 g/mol. The quantitative estimate of drug-likeness (QED) is 0.928. The van der Waals surface area contributed by atoms with Gasteiger partial charge in [-0.15, -0.1) is 0 Å². The van der Waals surface area contributed by atoms with Gasteiger partial charge < -0.3 is 4.74 Å². The minimum Gasteiger partial charge on any atom is -0.439 e. The van der Waals surface area contributed by atoms with Crippen LogP contribution in [0.4, 0.5) is 18.0 Å². The molecule has 19 heavy (non-hydrogen) atoms. The Labute approximate surface area is 111 Å². The third kappa shape index (κ3) is 5.35. The van der Waals surface area contributed by atoms with Crippen molar-refractivity contribution in [2.24, 2.45) is 0 Å². The number of alkyl halides is 3. The number of carbonyl (C=O) groups excluding carboxylic acids is 1. The molecule has 106 valence electrons. The zero-order valence-electron chi connectivity index (χ0n) is 9.07. The zero-order valence-corrected chi connectivity index (χ0v) is 10.6. The SMILES string of the molecule is O=C(NS(=O)(=O)c1cccc(Cl)c1)OCC(F)(F)F. The molecule has 0 aromatic heterocycles. The normalized spacial score (nSPS) is 12.0. The molecule has 1 aromatic rings. The van der Waals surface area contributed by atoms with E-state index in [4.69, 9.17) is 11.6 Å². The molecule has 1 amide bonds. The lowest BCUT2D eigenvalue weighted by Crippen LogP contribution is -2.33. The fraction of sp³-hybridized carbons (Fsp3) is 0.222. The highest BCUT2D eigenvalue weighted by Crippen LogP contribution is 2.16. The third-order valence-electron chi connectivity index (χ3n) is 1.69. The molecule has 1 aromatic carbocycles. The lowest BCUT2D eigenvalue weighted by atomic mass is 10.4. The highest BCUT2D eigenvalue weighted by Gasteiger charge is 2.30. The Morgan fingerprint density at radius 3 is 2.53 bits per heavy atom. The number of carbonyl (C=O) groups is 1. The van der Waals surface area contributed by atoms with Crippen molar-refractivity contribution in [3.05, 3.63) is 29.3 Å². The van der Waals surface area contributed by atoms with Crippen LogP contribution in [0.1, 0.15) is 0 Å². The number of benzene rings is 1. The van der Waals surface area contributed by atoms with E-state index in [1.807, 2.05) is 0 Å². The largest absolute Gasteiger partial charge is 0.439 e. The standard InChI is InChI=1S/C9H7ClF3NO4S/c10-6-2-1-3-7(4-6)19(16,17)14-8(15)18-5-9(11,12)13/h1-4H,5H2,(H,14,15). The van der Waals surface area contributed by atoms with Crippen LogP contribution >= 0.6 is 11.6 Å². The molecule has 5 nitrogen and oxygen atoms in total. The van der Waals surface area contributed by atoms with Crippen molar-refractivity contribution in [2.45, 2.75) is 11.1 Å². The van der Waals surface area contributed by atoms with Crippen LogP contribution in [-0.4, -0.2) is 27.3 Å². The minimum absolute atomic E-state index is 0.0894. The monoisotopic (exact) mass is 317 g/mol. The van der Waals surface area contributed by atoms with Gasteiger partial charge >= 0.3 is 12.3 Å². The van der Waals surface area contributed by atoms with E-state index >= 15 is 0 Å². The maximum absolute atomic E-state index is 11.8. The summed E-state index contributed by atoms with van der Waals surface area (Å²) in [5.41, 5.74) is 0. The van der Waals surface area contributed by atoms with E-state index < -0.39 is 28.9 Å². The van der Waals surface area contributed by atoms with Crippen LogP contribution in [-0.2, 0) is 14.8 Å². The van der Waals surface area contributed by atoms with Crippen LogP contribution in [0.3, 0.4) is 0 Å². The number of hydrogen-bond acceptors (Lipinski definition) is 4. The van der Waals surface area contributed by atoms with Crippen LogP contribution < -0.4 is 4.72 Å². The summed E-state index contributed by atoms with van der Waals surface area (Å²) in [4.78, 5) is 10.5. The summed E-state index contributed by atoms with van der Waals surface area (Å²) in [5, 5.41) is 0.0894. The van der Waals surface area contributed by atoms with Crippen LogP contribution in [0.25, 0.3) is 0 Å². The van der Waals surface area contributed by atoms with Crippen LogP contribution in [0.2, 0.25) is 5.02 Å². The molecule has 0 unspecified atom stereocenters. The molecule has 0 fully saturated rings. The molecule has 0 aliphatic rings. The average molecular weight is 318 g/mol. The predicted molar refractivity (Wildman–Crippen MR) is 59.2 cm³/mol. The van der Waals surface area contributed by atoms with Gasteiger partial charge in [-0.3, -0.25) is 0 Å². The van der Waals surface area contributed by atoms with Crippen molar-refractivity contribution in [1.82, 2.24) is 4.72 Å². The second-order valence-corrected chi connectivity index (χ2v) is 5.37. The van der Waals surface area contributed by atoms with Crippen LogP contribution in [0.15, 0.2) is 29.2 Å². The first kappa shape index (κ1) is 15.6. The van der Waals surface area contributed by atoms with E-state index in [1.165, 1.54) is 16.9 Å². The summed E-state index contributed by atoms with van der Waals surface area (Å²) in [6, 6.07) is 4.84. The van der Waals surface area contributed by atoms with E-state index in [-0.39, 0.29) is 9.92 Å². The van der Waals surface area contributed by atoms with Gasteiger partial charge in [-0.1, -0.05) is 17.7 Å². The van der Waals surface area contributed by atoms with E-state index in [0.29, 0.717) is 0 Å². The van der Waals surface area contributed by atoms with Crippen LogP contribution in [0, 0.1) is 0 Å². The molecule has 0 radical (unpaired) electrons.